The molecule has 1 aromatic carbocycles. The second-order valence-electron chi connectivity index (χ2n) is 5.96. The van der Waals surface area contributed by atoms with Crippen LogP contribution in [-0.2, 0) is 0 Å². The van der Waals surface area contributed by atoms with E-state index in [0.29, 0.717) is 0 Å². The van der Waals surface area contributed by atoms with Gasteiger partial charge in [0.2, 0.25) is 0 Å². The Morgan fingerprint density at radius 2 is 2.10 bits per heavy atom. The number of benzene rings is 1. The largest absolute Gasteiger partial charge is 0.324 e. The molecular formula is C17H27ClN2. The molecule has 2 unspecified atom stereocenters. The zero-order valence-electron chi connectivity index (χ0n) is 12.5. The molecule has 1 aliphatic rings. The van der Waals surface area contributed by atoms with Crippen LogP contribution in [0.25, 0.3) is 0 Å². The first-order chi connectivity index (χ1) is 9.70. The van der Waals surface area contributed by atoms with Gasteiger partial charge in [-0.15, -0.1) is 0 Å². The van der Waals surface area contributed by atoms with Crippen LogP contribution < -0.4 is 5.73 Å². The van der Waals surface area contributed by atoms with Crippen LogP contribution in [0.15, 0.2) is 24.3 Å². The average molecular weight is 295 g/mol. The van der Waals surface area contributed by atoms with Gasteiger partial charge in [-0.05, 0) is 62.9 Å². The molecule has 2 rings (SSSR count). The molecule has 1 saturated heterocycles. The van der Waals surface area contributed by atoms with E-state index in [1.807, 2.05) is 24.3 Å². The quantitative estimate of drug-likeness (QED) is 0.880. The first-order valence-corrected chi connectivity index (χ1v) is 8.31. The zero-order valence-corrected chi connectivity index (χ0v) is 13.3. The number of halogens is 1. The summed E-state index contributed by atoms with van der Waals surface area (Å²) < 4.78 is 0. The molecule has 1 heterocycles. The van der Waals surface area contributed by atoms with Crippen molar-refractivity contribution in [2.45, 2.75) is 45.1 Å². The highest BCUT2D eigenvalue weighted by Gasteiger charge is 2.17. The van der Waals surface area contributed by atoms with Crippen molar-refractivity contribution in [3.63, 3.8) is 0 Å². The Hall–Kier alpha value is -0.570. The minimum Gasteiger partial charge on any atom is -0.324 e. The van der Waals surface area contributed by atoms with Crippen LogP contribution in [-0.4, -0.2) is 24.5 Å². The molecule has 112 valence electrons. The van der Waals surface area contributed by atoms with E-state index >= 15 is 0 Å². The van der Waals surface area contributed by atoms with E-state index in [4.69, 9.17) is 17.3 Å². The van der Waals surface area contributed by atoms with Gasteiger partial charge in [0.25, 0.3) is 0 Å². The summed E-state index contributed by atoms with van der Waals surface area (Å²) >= 11 is 6.21. The normalized spacial score (nSPS) is 22.4. The van der Waals surface area contributed by atoms with Crippen LogP contribution in [0, 0.1) is 5.92 Å². The lowest BCUT2D eigenvalue weighted by molar-refractivity contribution is 0.269. The summed E-state index contributed by atoms with van der Waals surface area (Å²) in [6.07, 6.45) is 6.38. The van der Waals surface area contributed by atoms with E-state index < -0.39 is 0 Å². The minimum absolute atomic E-state index is 0.0499. The lowest BCUT2D eigenvalue weighted by Gasteiger charge is -2.22. The molecule has 0 spiro atoms. The standard InChI is InChI=1S/C17H27ClN2/c1-2-14-6-5-11-20(12-9-14)13-10-17(19)15-7-3-4-8-16(15)18/h3-4,7-8,14,17H,2,5-6,9-13,19H2,1H3. The van der Waals surface area contributed by atoms with Crippen molar-refractivity contribution in [1.82, 2.24) is 4.90 Å². The highest BCUT2D eigenvalue weighted by molar-refractivity contribution is 6.31. The Balaban J connectivity index is 1.81. The number of likely N-dealkylation sites (tertiary alicyclic amines) is 1. The third-order valence-electron chi connectivity index (χ3n) is 4.58. The molecule has 2 nitrogen and oxygen atoms in total. The van der Waals surface area contributed by atoms with Crippen LogP contribution in [0.1, 0.15) is 50.6 Å². The van der Waals surface area contributed by atoms with Gasteiger partial charge in [-0.3, -0.25) is 0 Å². The van der Waals surface area contributed by atoms with Crippen molar-refractivity contribution in [2.24, 2.45) is 11.7 Å². The van der Waals surface area contributed by atoms with Gasteiger partial charge in [-0.1, -0.05) is 43.1 Å². The maximum atomic E-state index is 6.29. The number of rotatable bonds is 5. The third kappa shape index (κ3) is 4.47. The first kappa shape index (κ1) is 15.8. The van der Waals surface area contributed by atoms with Crippen molar-refractivity contribution in [3.8, 4) is 0 Å². The van der Waals surface area contributed by atoms with E-state index in [1.165, 1.54) is 38.8 Å². The maximum absolute atomic E-state index is 6.29. The van der Waals surface area contributed by atoms with E-state index in [0.717, 1.165) is 29.5 Å². The minimum atomic E-state index is 0.0499. The molecule has 2 N–H and O–H groups in total. The SMILES string of the molecule is CCC1CCCN(CCC(N)c2ccccc2Cl)CC1. The first-order valence-electron chi connectivity index (χ1n) is 7.93. The lowest BCUT2D eigenvalue weighted by Crippen LogP contribution is -2.28. The molecule has 0 bridgehead atoms. The van der Waals surface area contributed by atoms with Gasteiger partial charge < -0.3 is 10.6 Å². The molecule has 0 aromatic heterocycles. The molecular weight excluding hydrogens is 268 g/mol. The van der Waals surface area contributed by atoms with Crippen LogP contribution in [0.4, 0.5) is 0 Å². The van der Waals surface area contributed by atoms with Gasteiger partial charge in [0.15, 0.2) is 0 Å². The highest BCUT2D eigenvalue weighted by atomic mass is 35.5. The molecule has 0 saturated carbocycles. The molecule has 1 fully saturated rings. The molecule has 0 amide bonds. The summed E-state index contributed by atoms with van der Waals surface area (Å²) in [6.45, 7) is 5.86. The second kappa shape index (κ2) is 8.02. The molecule has 20 heavy (non-hydrogen) atoms. The van der Waals surface area contributed by atoms with Gasteiger partial charge in [-0.25, -0.2) is 0 Å². The Morgan fingerprint density at radius 1 is 1.30 bits per heavy atom. The number of hydrogen-bond acceptors (Lipinski definition) is 2. The molecule has 3 heteroatoms. The predicted octanol–water partition coefficient (Wildman–Crippen LogP) is 4.24. The second-order valence-corrected chi connectivity index (χ2v) is 6.37. The van der Waals surface area contributed by atoms with Crippen molar-refractivity contribution < 1.29 is 0 Å². The monoisotopic (exact) mass is 294 g/mol. The van der Waals surface area contributed by atoms with Gasteiger partial charge >= 0.3 is 0 Å². The summed E-state index contributed by atoms with van der Waals surface area (Å²) in [5, 5.41) is 0.793. The predicted molar refractivity (Wildman–Crippen MR) is 87.1 cm³/mol. The van der Waals surface area contributed by atoms with E-state index in [9.17, 15) is 0 Å². The van der Waals surface area contributed by atoms with Crippen molar-refractivity contribution in [2.75, 3.05) is 19.6 Å². The lowest BCUT2D eigenvalue weighted by atomic mass is 9.98. The van der Waals surface area contributed by atoms with Crippen molar-refractivity contribution >= 4 is 11.6 Å². The zero-order chi connectivity index (χ0) is 14.4. The van der Waals surface area contributed by atoms with Crippen molar-refractivity contribution in [3.05, 3.63) is 34.9 Å². The fourth-order valence-corrected chi connectivity index (χ4v) is 3.39. The third-order valence-corrected chi connectivity index (χ3v) is 4.92. The smallest absolute Gasteiger partial charge is 0.0453 e. The summed E-state index contributed by atoms with van der Waals surface area (Å²) in [5.41, 5.74) is 7.37. The molecule has 1 aromatic rings. The average Bonchev–Trinajstić information content (AvgIpc) is 2.70. The van der Waals surface area contributed by atoms with Crippen LogP contribution in [0.5, 0.6) is 0 Å². The molecule has 2 atom stereocenters. The number of nitrogens with zero attached hydrogens (tertiary/aromatic N) is 1. The van der Waals surface area contributed by atoms with E-state index in [2.05, 4.69) is 11.8 Å². The van der Waals surface area contributed by atoms with Gasteiger partial charge in [0.05, 0.1) is 0 Å². The van der Waals surface area contributed by atoms with Crippen LogP contribution in [0.2, 0.25) is 5.02 Å². The summed E-state index contributed by atoms with van der Waals surface area (Å²) in [4.78, 5) is 2.58. The summed E-state index contributed by atoms with van der Waals surface area (Å²) in [5.74, 6) is 0.928. The highest BCUT2D eigenvalue weighted by Crippen LogP contribution is 2.24. The number of hydrogen-bond donors (Lipinski definition) is 1. The van der Waals surface area contributed by atoms with Crippen LogP contribution in [0.3, 0.4) is 0 Å². The summed E-state index contributed by atoms with van der Waals surface area (Å²) in [7, 11) is 0. The van der Waals surface area contributed by atoms with E-state index in [1.54, 1.807) is 0 Å². The van der Waals surface area contributed by atoms with E-state index in [-0.39, 0.29) is 6.04 Å². The Morgan fingerprint density at radius 3 is 2.85 bits per heavy atom. The molecule has 0 radical (unpaired) electrons. The topological polar surface area (TPSA) is 29.3 Å². The Labute approximate surface area is 128 Å². The number of nitrogens with two attached hydrogens (primary N) is 1. The fraction of sp³-hybridized carbons (Fsp3) is 0.647. The Kier molecular flexibility index (Phi) is 6.34. The molecule has 1 aliphatic heterocycles. The van der Waals surface area contributed by atoms with Crippen LogP contribution >= 0.6 is 11.6 Å². The van der Waals surface area contributed by atoms with Gasteiger partial charge in [0, 0.05) is 11.1 Å². The molecule has 0 aliphatic carbocycles. The van der Waals surface area contributed by atoms with Crippen molar-refractivity contribution in [1.29, 1.82) is 0 Å². The maximum Gasteiger partial charge on any atom is 0.0453 e. The van der Waals surface area contributed by atoms with Gasteiger partial charge in [-0.2, -0.15) is 0 Å². The fourth-order valence-electron chi connectivity index (χ4n) is 3.11. The Bertz CT molecular complexity index is 408. The van der Waals surface area contributed by atoms with Gasteiger partial charge in [0.1, 0.15) is 0 Å². The summed E-state index contributed by atoms with van der Waals surface area (Å²) in [6, 6.07) is 7.99.